The van der Waals surface area contributed by atoms with Crippen LogP contribution in [-0.2, 0) is 0 Å². The van der Waals surface area contributed by atoms with E-state index in [0.29, 0.717) is 12.6 Å². The first-order chi connectivity index (χ1) is 10.2. The maximum absolute atomic E-state index is 5.87. The Hall–Kier alpha value is -1.50. The van der Waals surface area contributed by atoms with Crippen LogP contribution in [0.1, 0.15) is 32.3 Å². The van der Waals surface area contributed by atoms with Gasteiger partial charge in [0.05, 0.1) is 6.54 Å². The normalized spacial score (nSPS) is 14.1. The Morgan fingerprint density at radius 3 is 2.86 bits per heavy atom. The van der Waals surface area contributed by atoms with E-state index >= 15 is 0 Å². The summed E-state index contributed by atoms with van der Waals surface area (Å²) in [6.45, 7) is 7.81. The lowest BCUT2D eigenvalue weighted by Gasteiger charge is -2.26. The van der Waals surface area contributed by atoms with Crippen molar-refractivity contribution in [2.75, 3.05) is 26.2 Å². The number of ether oxygens (including phenoxy) is 1. The number of hydrogen-bond donors (Lipinski definition) is 1. The molecular formula is C18H26N2O. The first-order valence-corrected chi connectivity index (χ1v) is 7.85. The van der Waals surface area contributed by atoms with Crippen LogP contribution >= 0.6 is 0 Å². The molecule has 2 N–H and O–H groups in total. The molecule has 1 aromatic carbocycles. The predicted molar refractivity (Wildman–Crippen MR) is 87.3 cm³/mol. The van der Waals surface area contributed by atoms with Crippen LogP contribution < -0.4 is 10.5 Å². The van der Waals surface area contributed by atoms with Crippen molar-refractivity contribution in [3.05, 3.63) is 29.8 Å². The van der Waals surface area contributed by atoms with Crippen LogP contribution in [0.3, 0.4) is 0 Å². The van der Waals surface area contributed by atoms with Crippen LogP contribution in [0.25, 0.3) is 0 Å². The molecule has 1 aromatic rings. The van der Waals surface area contributed by atoms with Crippen molar-refractivity contribution in [2.45, 2.75) is 32.7 Å². The van der Waals surface area contributed by atoms with Gasteiger partial charge in [-0.15, -0.1) is 0 Å². The monoisotopic (exact) mass is 286 g/mol. The van der Waals surface area contributed by atoms with Crippen molar-refractivity contribution < 1.29 is 4.74 Å². The van der Waals surface area contributed by atoms with Gasteiger partial charge in [-0.1, -0.05) is 17.9 Å². The second-order valence-corrected chi connectivity index (χ2v) is 5.91. The molecule has 0 bridgehead atoms. The van der Waals surface area contributed by atoms with E-state index in [2.05, 4.69) is 30.6 Å². The third-order valence-corrected chi connectivity index (χ3v) is 3.74. The second-order valence-electron chi connectivity index (χ2n) is 5.91. The van der Waals surface area contributed by atoms with E-state index in [4.69, 9.17) is 10.5 Å². The van der Waals surface area contributed by atoms with E-state index in [9.17, 15) is 0 Å². The minimum atomic E-state index is 0.385. The molecule has 0 aromatic heterocycles. The van der Waals surface area contributed by atoms with E-state index in [1.807, 2.05) is 24.3 Å². The van der Waals surface area contributed by atoms with Gasteiger partial charge in [-0.2, -0.15) is 0 Å². The molecule has 3 heteroatoms. The summed E-state index contributed by atoms with van der Waals surface area (Å²) in [6, 6.07) is 8.48. The van der Waals surface area contributed by atoms with Gasteiger partial charge in [0.2, 0.25) is 0 Å². The van der Waals surface area contributed by atoms with Gasteiger partial charge in [0.15, 0.2) is 0 Å². The fourth-order valence-corrected chi connectivity index (χ4v) is 2.29. The quantitative estimate of drug-likeness (QED) is 0.783. The number of nitrogens with zero attached hydrogens (tertiary/aromatic N) is 1. The number of benzene rings is 1. The second kappa shape index (κ2) is 8.07. The zero-order chi connectivity index (χ0) is 15.1. The van der Waals surface area contributed by atoms with E-state index in [1.54, 1.807) is 0 Å². The maximum Gasteiger partial charge on any atom is 0.120 e. The highest BCUT2D eigenvalue weighted by Gasteiger charge is 2.25. The largest absolute Gasteiger partial charge is 0.492 e. The zero-order valence-electron chi connectivity index (χ0n) is 13.1. The van der Waals surface area contributed by atoms with Crippen molar-refractivity contribution in [3.8, 4) is 17.6 Å². The van der Waals surface area contributed by atoms with Crippen molar-refractivity contribution >= 4 is 0 Å². The predicted octanol–water partition coefficient (Wildman–Crippen LogP) is 2.50. The molecule has 0 amide bonds. The SMILES string of the molecule is CC(C)N(CCOc1cccc(C#CCN)c1)CC1CC1. The van der Waals surface area contributed by atoms with Gasteiger partial charge in [-0.3, -0.25) is 4.90 Å². The van der Waals surface area contributed by atoms with Crippen molar-refractivity contribution in [3.63, 3.8) is 0 Å². The lowest BCUT2D eigenvalue weighted by Crippen LogP contribution is -2.36. The van der Waals surface area contributed by atoms with Gasteiger partial charge in [-0.25, -0.2) is 0 Å². The summed E-state index contributed by atoms with van der Waals surface area (Å²) in [5.41, 5.74) is 6.35. The van der Waals surface area contributed by atoms with Crippen LogP contribution in [0.2, 0.25) is 0 Å². The highest BCUT2D eigenvalue weighted by atomic mass is 16.5. The van der Waals surface area contributed by atoms with E-state index < -0.39 is 0 Å². The van der Waals surface area contributed by atoms with Crippen LogP contribution in [0.5, 0.6) is 5.75 Å². The summed E-state index contributed by atoms with van der Waals surface area (Å²) in [7, 11) is 0. The molecular weight excluding hydrogens is 260 g/mol. The molecule has 1 saturated carbocycles. The van der Waals surface area contributed by atoms with Gasteiger partial charge in [0.1, 0.15) is 12.4 Å². The molecule has 0 atom stereocenters. The minimum absolute atomic E-state index is 0.385. The highest BCUT2D eigenvalue weighted by Crippen LogP contribution is 2.30. The molecule has 1 aliphatic rings. The van der Waals surface area contributed by atoms with Gasteiger partial charge in [-0.05, 0) is 50.8 Å². The van der Waals surface area contributed by atoms with Gasteiger partial charge < -0.3 is 10.5 Å². The number of nitrogens with two attached hydrogens (primary N) is 1. The molecule has 0 radical (unpaired) electrons. The Morgan fingerprint density at radius 1 is 1.38 bits per heavy atom. The molecule has 1 aliphatic carbocycles. The topological polar surface area (TPSA) is 38.5 Å². The van der Waals surface area contributed by atoms with E-state index in [-0.39, 0.29) is 0 Å². The fourth-order valence-electron chi connectivity index (χ4n) is 2.29. The highest BCUT2D eigenvalue weighted by molar-refractivity contribution is 5.39. The molecule has 0 spiro atoms. The summed E-state index contributed by atoms with van der Waals surface area (Å²) in [5, 5.41) is 0. The molecule has 2 rings (SSSR count). The van der Waals surface area contributed by atoms with Crippen LogP contribution in [-0.4, -0.2) is 37.2 Å². The first kappa shape index (κ1) is 15.9. The first-order valence-electron chi connectivity index (χ1n) is 7.85. The van der Waals surface area contributed by atoms with Gasteiger partial charge in [0.25, 0.3) is 0 Å². The molecule has 21 heavy (non-hydrogen) atoms. The average Bonchev–Trinajstić information content (AvgIpc) is 3.28. The van der Waals surface area contributed by atoms with Crippen molar-refractivity contribution in [2.24, 2.45) is 11.7 Å². The smallest absolute Gasteiger partial charge is 0.120 e. The number of hydrogen-bond acceptors (Lipinski definition) is 3. The summed E-state index contributed by atoms with van der Waals surface area (Å²) in [5.74, 6) is 7.70. The van der Waals surface area contributed by atoms with Crippen molar-refractivity contribution in [1.82, 2.24) is 4.90 Å². The summed E-state index contributed by atoms with van der Waals surface area (Å²) in [4.78, 5) is 2.51. The standard InChI is InChI=1S/C18H26N2O/c1-15(2)20(14-17-8-9-17)11-12-21-18-7-3-5-16(13-18)6-4-10-19/h3,5,7,13,15,17H,8-12,14,19H2,1-2H3. The molecule has 0 unspecified atom stereocenters. The maximum atomic E-state index is 5.87. The Bertz CT molecular complexity index is 497. The van der Waals surface area contributed by atoms with Gasteiger partial charge in [0, 0.05) is 24.7 Å². The lowest BCUT2D eigenvalue weighted by molar-refractivity contribution is 0.170. The molecule has 114 valence electrons. The molecule has 0 saturated heterocycles. The molecule has 0 heterocycles. The van der Waals surface area contributed by atoms with E-state index in [1.165, 1.54) is 19.4 Å². The third-order valence-electron chi connectivity index (χ3n) is 3.74. The fraction of sp³-hybridized carbons (Fsp3) is 0.556. The van der Waals surface area contributed by atoms with Crippen molar-refractivity contribution in [1.29, 1.82) is 0 Å². The minimum Gasteiger partial charge on any atom is -0.492 e. The number of rotatable bonds is 7. The Morgan fingerprint density at radius 2 is 2.19 bits per heavy atom. The van der Waals surface area contributed by atoms with Gasteiger partial charge >= 0.3 is 0 Å². The summed E-state index contributed by atoms with van der Waals surface area (Å²) < 4.78 is 5.87. The third kappa shape index (κ3) is 5.79. The van der Waals surface area contributed by atoms with E-state index in [0.717, 1.165) is 30.4 Å². The summed E-state index contributed by atoms with van der Waals surface area (Å²) >= 11 is 0. The molecule has 0 aliphatic heterocycles. The lowest BCUT2D eigenvalue weighted by atomic mass is 10.2. The zero-order valence-corrected chi connectivity index (χ0v) is 13.1. The van der Waals surface area contributed by atoms with Crippen LogP contribution in [0, 0.1) is 17.8 Å². The Labute approximate surface area is 128 Å². The Kier molecular flexibility index (Phi) is 6.10. The van der Waals surface area contributed by atoms with Crippen LogP contribution in [0.4, 0.5) is 0 Å². The summed E-state index contributed by atoms with van der Waals surface area (Å²) in [6.07, 6.45) is 2.79. The van der Waals surface area contributed by atoms with Crippen LogP contribution in [0.15, 0.2) is 24.3 Å². The average molecular weight is 286 g/mol. The Balaban J connectivity index is 1.81. The molecule has 1 fully saturated rings. The molecule has 3 nitrogen and oxygen atoms in total.